The Hall–Kier alpha value is -1.87. The molecule has 1 N–H and O–H groups in total. The Morgan fingerprint density at radius 2 is 2.08 bits per heavy atom. The summed E-state index contributed by atoms with van der Waals surface area (Å²) >= 11 is 0. The molecule has 0 aliphatic heterocycles. The highest BCUT2D eigenvalue weighted by molar-refractivity contribution is 5.83. The summed E-state index contributed by atoms with van der Waals surface area (Å²) in [4.78, 5) is 4.44. The Morgan fingerprint density at radius 3 is 2.79 bits per heavy atom. The van der Waals surface area contributed by atoms with Gasteiger partial charge in [0.05, 0.1) is 18.7 Å². The molecule has 1 heterocycles. The number of allylic oxidation sites excluding steroid dienone is 1. The summed E-state index contributed by atoms with van der Waals surface area (Å²) in [5, 5.41) is 12.2. The van der Waals surface area contributed by atoms with Gasteiger partial charge in [0.1, 0.15) is 5.75 Å². The molecule has 3 aliphatic rings. The highest BCUT2D eigenvalue weighted by Gasteiger charge is 2.43. The van der Waals surface area contributed by atoms with Crippen molar-refractivity contribution in [3.8, 4) is 5.75 Å². The number of fused-ring (bicyclic) bond motifs is 4. The minimum absolute atomic E-state index is 0.344. The molecule has 1 aromatic heterocycles. The summed E-state index contributed by atoms with van der Waals surface area (Å²) in [5.41, 5.74) is 1.91. The van der Waals surface area contributed by atoms with E-state index in [2.05, 4.69) is 17.6 Å². The van der Waals surface area contributed by atoms with Crippen LogP contribution in [0.4, 0.5) is 0 Å². The van der Waals surface area contributed by atoms with Crippen molar-refractivity contribution in [2.45, 2.75) is 31.8 Å². The zero-order valence-electron chi connectivity index (χ0n) is 14.2. The van der Waals surface area contributed by atoms with Crippen molar-refractivity contribution in [1.82, 2.24) is 4.98 Å². The predicted molar refractivity (Wildman–Crippen MR) is 95.9 cm³/mol. The molecule has 0 spiro atoms. The molecule has 5 rings (SSSR count). The molecule has 0 radical (unpaired) electrons. The van der Waals surface area contributed by atoms with Gasteiger partial charge >= 0.3 is 0 Å². The van der Waals surface area contributed by atoms with Crippen molar-refractivity contribution >= 4 is 10.9 Å². The van der Waals surface area contributed by atoms with Gasteiger partial charge in [-0.3, -0.25) is 4.98 Å². The molecule has 2 bridgehead atoms. The first-order valence-corrected chi connectivity index (χ1v) is 8.94. The second-order valence-corrected chi connectivity index (χ2v) is 7.36. The van der Waals surface area contributed by atoms with E-state index in [0.717, 1.165) is 28.6 Å². The number of benzene rings is 1. The smallest absolute Gasteiger partial charge is 0.119 e. The first-order valence-electron chi connectivity index (χ1n) is 8.94. The van der Waals surface area contributed by atoms with Gasteiger partial charge in [-0.2, -0.15) is 0 Å². The Labute approximate surface area is 143 Å². The van der Waals surface area contributed by atoms with Gasteiger partial charge in [-0.15, -0.1) is 6.58 Å². The first kappa shape index (κ1) is 15.6. The third-order valence-corrected chi connectivity index (χ3v) is 6.28. The van der Waals surface area contributed by atoms with Crippen LogP contribution in [0.5, 0.6) is 5.75 Å². The predicted octanol–water partition coefficient (Wildman–Crippen LogP) is 4.52. The zero-order valence-corrected chi connectivity index (χ0v) is 14.2. The molecule has 3 nitrogen and oxygen atoms in total. The molecule has 24 heavy (non-hydrogen) atoms. The van der Waals surface area contributed by atoms with Crippen LogP contribution in [0.25, 0.3) is 10.9 Å². The normalized spacial score (nSPS) is 30.2. The fourth-order valence-corrected chi connectivity index (χ4v) is 4.96. The van der Waals surface area contributed by atoms with Crippen molar-refractivity contribution in [2.75, 3.05) is 7.11 Å². The van der Waals surface area contributed by atoms with Crippen molar-refractivity contribution in [1.29, 1.82) is 0 Å². The van der Waals surface area contributed by atoms with E-state index in [9.17, 15) is 5.11 Å². The highest BCUT2D eigenvalue weighted by Crippen LogP contribution is 2.52. The zero-order chi connectivity index (χ0) is 16.7. The number of aromatic nitrogens is 1. The van der Waals surface area contributed by atoms with Crippen LogP contribution in [-0.2, 0) is 0 Å². The third-order valence-electron chi connectivity index (χ3n) is 6.28. The largest absolute Gasteiger partial charge is 0.497 e. The maximum absolute atomic E-state index is 11.2. The van der Waals surface area contributed by atoms with Gasteiger partial charge in [0.2, 0.25) is 0 Å². The maximum Gasteiger partial charge on any atom is 0.119 e. The summed E-state index contributed by atoms with van der Waals surface area (Å²) in [6.45, 7) is 4.01. The number of nitrogens with zero attached hydrogens (tertiary/aromatic N) is 1. The number of hydrogen-bond acceptors (Lipinski definition) is 3. The second-order valence-electron chi connectivity index (χ2n) is 7.36. The van der Waals surface area contributed by atoms with Crippen LogP contribution in [0.1, 0.15) is 37.4 Å². The number of methoxy groups -OCH3 is 1. The van der Waals surface area contributed by atoms with Gasteiger partial charge < -0.3 is 9.84 Å². The van der Waals surface area contributed by atoms with E-state index in [1.807, 2.05) is 24.3 Å². The highest BCUT2D eigenvalue weighted by atomic mass is 16.5. The Kier molecular flexibility index (Phi) is 4.05. The van der Waals surface area contributed by atoms with Crippen molar-refractivity contribution in [3.05, 3.63) is 48.7 Å². The number of ether oxygens (including phenoxy) is 1. The summed E-state index contributed by atoms with van der Waals surface area (Å²) in [5.74, 6) is 3.08. The minimum atomic E-state index is -0.429. The Balaban J connectivity index is 1.69. The molecule has 126 valence electrons. The van der Waals surface area contributed by atoms with Crippen LogP contribution < -0.4 is 4.74 Å². The van der Waals surface area contributed by atoms with Gasteiger partial charge in [-0.05, 0) is 79.2 Å². The molecule has 1 aromatic carbocycles. The molecular formula is C21H25NO2. The number of rotatable bonds is 4. The molecule has 2 aromatic rings. The van der Waals surface area contributed by atoms with Crippen molar-refractivity contribution in [2.24, 2.45) is 23.7 Å². The molecule has 5 atom stereocenters. The average molecular weight is 323 g/mol. The van der Waals surface area contributed by atoms with E-state index >= 15 is 0 Å². The van der Waals surface area contributed by atoms with E-state index < -0.39 is 6.10 Å². The minimum Gasteiger partial charge on any atom is -0.497 e. The standard InChI is InChI=1S/C21H25NO2/c1-3-13-10-15-5-4-14(13)11-18(15)21(23)17-8-9-22-20-7-6-16(24-2)12-19(17)20/h3,6-9,12-15,18,21,23H,1,4-5,10-11H2,2H3/t13?,14?,15?,18-,21-/m0/s1. The number of aliphatic hydroxyl groups is 1. The van der Waals surface area contributed by atoms with E-state index in [4.69, 9.17) is 4.74 Å². The van der Waals surface area contributed by atoms with Gasteiger partial charge in [-0.25, -0.2) is 0 Å². The summed E-state index contributed by atoms with van der Waals surface area (Å²) in [7, 11) is 1.67. The quantitative estimate of drug-likeness (QED) is 0.842. The summed E-state index contributed by atoms with van der Waals surface area (Å²) in [6, 6.07) is 7.85. The summed E-state index contributed by atoms with van der Waals surface area (Å²) < 4.78 is 5.36. The van der Waals surface area contributed by atoms with E-state index in [1.54, 1.807) is 13.3 Å². The number of hydrogen-bond donors (Lipinski definition) is 1. The number of pyridine rings is 1. The molecule has 3 saturated carbocycles. The maximum atomic E-state index is 11.2. The lowest BCUT2D eigenvalue weighted by molar-refractivity contribution is -0.0217. The molecule has 0 saturated heterocycles. The van der Waals surface area contributed by atoms with E-state index in [-0.39, 0.29) is 0 Å². The van der Waals surface area contributed by atoms with Crippen molar-refractivity contribution < 1.29 is 9.84 Å². The SMILES string of the molecule is C=CC1CC2CCC1C[C@@H]2[C@@H](O)c1ccnc2ccc(OC)cc12. The topological polar surface area (TPSA) is 42.4 Å². The molecule has 3 aliphatic carbocycles. The van der Waals surface area contributed by atoms with E-state index in [1.165, 1.54) is 19.3 Å². The van der Waals surface area contributed by atoms with Crippen LogP contribution in [0.15, 0.2) is 43.1 Å². The lowest BCUT2D eigenvalue weighted by atomic mass is 9.58. The van der Waals surface area contributed by atoms with Gasteiger partial charge in [0, 0.05) is 11.6 Å². The van der Waals surface area contributed by atoms with Crippen LogP contribution >= 0.6 is 0 Å². The van der Waals surface area contributed by atoms with Gasteiger partial charge in [-0.1, -0.05) is 6.08 Å². The van der Waals surface area contributed by atoms with Gasteiger partial charge in [0.25, 0.3) is 0 Å². The lowest BCUT2D eigenvalue weighted by Gasteiger charge is -2.48. The Morgan fingerprint density at radius 1 is 1.25 bits per heavy atom. The fraction of sp³-hybridized carbons (Fsp3) is 0.476. The average Bonchev–Trinajstić information content (AvgIpc) is 2.66. The van der Waals surface area contributed by atoms with Crippen LogP contribution in [-0.4, -0.2) is 17.2 Å². The molecule has 3 fully saturated rings. The molecular weight excluding hydrogens is 298 g/mol. The first-order chi connectivity index (χ1) is 11.7. The lowest BCUT2D eigenvalue weighted by Crippen LogP contribution is -2.39. The van der Waals surface area contributed by atoms with Gasteiger partial charge in [0.15, 0.2) is 0 Å². The summed E-state index contributed by atoms with van der Waals surface area (Å²) in [6.07, 6.45) is 8.32. The van der Waals surface area contributed by atoms with Crippen LogP contribution in [0.3, 0.4) is 0 Å². The third kappa shape index (κ3) is 2.51. The monoisotopic (exact) mass is 323 g/mol. The number of aliphatic hydroxyl groups excluding tert-OH is 1. The Bertz CT molecular complexity index is 757. The second kappa shape index (κ2) is 6.21. The molecule has 3 heteroatoms. The molecule has 0 amide bonds. The van der Waals surface area contributed by atoms with Crippen LogP contribution in [0.2, 0.25) is 0 Å². The molecule has 3 unspecified atom stereocenters. The van der Waals surface area contributed by atoms with Crippen LogP contribution in [0, 0.1) is 23.7 Å². The fourth-order valence-electron chi connectivity index (χ4n) is 4.96. The van der Waals surface area contributed by atoms with Crippen molar-refractivity contribution in [3.63, 3.8) is 0 Å². The van der Waals surface area contributed by atoms with E-state index in [0.29, 0.717) is 23.7 Å².